The van der Waals surface area contributed by atoms with Gasteiger partial charge in [-0.25, -0.2) is 0 Å². The van der Waals surface area contributed by atoms with Crippen LogP contribution in [0.25, 0.3) is 0 Å². The number of aliphatic hydroxyl groups is 1. The van der Waals surface area contributed by atoms with Gasteiger partial charge < -0.3 is 20.9 Å². The van der Waals surface area contributed by atoms with Crippen molar-refractivity contribution < 1.29 is 10.3 Å². The monoisotopic (exact) mass is 264 g/mol. The molecule has 2 heterocycles. The molecule has 0 aromatic carbocycles. The van der Waals surface area contributed by atoms with Crippen LogP contribution in [0.4, 0.5) is 5.69 Å². The van der Waals surface area contributed by atoms with Crippen LogP contribution in [-0.4, -0.2) is 40.3 Å². The lowest BCUT2D eigenvalue weighted by Gasteiger charge is -2.31. The lowest BCUT2D eigenvalue weighted by Crippen LogP contribution is -2.39. The first-order valence-corrected chi connectivity index (χ1v) is 6.58. The van der Waals surface area contributed by atoms with Crippen LogP contribution < -0.4 is 10.6 Å². The molecule has 1 aliphatic heterocycles. The molecule has 1 atom stereocenters. The molecule has 6 nitrogen and oxygen atoms in total. The Hall–Kier alpha value is -1.82. The summed E-state index contributed by atoms with van der Waals surface area (Å²) in [6.45, 7) is 0.952. The van der Waals surface area contributed by atoms with Gasteiger partial charge >= 0.3 is 0 Å². The average Bonchev–Trinajstić information content (AvgIpc) is 2.71. The number of anilines is 1. The minimum Gasteiger partial charge on any atom is -0.409 e. The molecule has 19 heavy (non-hydrogen) atoms. The molecule has 0 saturated carbocycles. The number of amidine groups is 1. The molecule has 1 aromatic rings. The third kappa shape index (κ3) is 2.96. The summed E-state index contributed by atoms with van der Waals surface area (Å²) in [5.74, 6) is -0.00321. The van der Waals surface area contributed by atoms with E-state index in [0.29, 0.717) is 5.69 Å². The van der Waals surface area contributed by atoms with Crippen LogP contribution in [0, 0.1) is 0 Å². The van der Waals surface area contributed by atoms with Crippen LogP contribution in [0.15, 0.2) is 23.5 Å². The number of rotatable bonds is 3. The van der Waals surface area contributed by atoms with E-state index in [-0.39, 0.29) is 18.5 Å². The standard InChI is InChI=1S/C13H20N4O2/c14-13(16-19)12-11(6-4-7-15-12)17-8-3-1-2-5-10(17)9-18/h4,6-7,10,18-19H,1-3,5,8-9H2,(H2,14,16). The fourth-order valence-electron chi connectivity index (χ4n) is 2.56. The number of nitrogens with zero attached hydrogens (tertiary/aromatic N) is 3. The summed E-state index contributed by atoms with van der Waals surface area (Å²) in [6.07, 6.45) is 5.90. The molecule has 4 N–H and O–H groups in total. The molecule has 1 unspecified atom stereocenters. The quantitative estimate of drug-likeness (QED) is 0.326. The van der Waals surface area contributed by atoms with Crippen molar-refractivity contribution in [1.29, 1.82) is 0 Å². The van der Waals surface area contributed by atoms with E-state index in [1.165, 1.54) is 0 Å². The van der Waals surface area contributed by atoms with E-state index >= 15 is 0 Å². The second kappa shape index (κ2) is 6.38. The summed E-state index contributed by atoms with van der Waals surface area (Å²) in [7, 11) is 0. The number of hydrogen-bond donors (Lipinski definition) is 3. The van der Waals surface area contributed by atoms with Gasteiger partial charge in [-0.05, 0) is 25.0 Å². The number of nitrogens with two attached hydrogens (primary N) is 1. The van der Waals surface area contributed by atoms with Crippen molar-refractivity contribution in [1.82, 2.24) is 4.98 Å². The Kier molecular flexibility index (Phi) is 4.57. The van der Waals surface area contributed by atoms with Gasteiger partial charge in [0.2, 0.25) is 0 Å². The number of aliphatic hydroxyl groups excluding tert-OH is 1. The fraction of sp³-hybridized carbons (Fsp3) is 0.538. The molecule has 1 saturated heterocycles. The molecule has 104 valence electrons. The number of aromatic nitrogens is 1. The maximum Gasteiger partial charge on any atom is 0.190 e. The molecule has 0 amide bonds. The third-order valence-electron chi connectivity index (χ3n) is 3.53. The van der Waals surface area contributed by atoms with Crippen LogP contribution in [0.3, 0.4) is 0 Å². The van der Waals surface area contributed by atoms with Crippen molar-refractivity contribution in [2.24, 2.45) is 10.9 Å². The zero-order chi connectivity index (χ0) is 13.7. The highest BCUT2D eigenvalue weighted by molar-refractivity contribution is 6.00. The maximum absolute atomic E-state index is 9.56. The minimum atomic E-state index is -0.00321. The first kappa shape index (κ1) is 13.6. The zero-order valence-electron chi connectivity index (χ0n) is 10.9. The second-order valence-corrected chi connectivity index (χ2v) is 4.74. The normalized spacial score (nSPS) is 21.2. The van der Waals surface area contributed by atoms with Crippen molar-refractivity contribution in [3.63, 3.8) is 0 Å². The summed E-state index contributed by atoms with van der Waals surface area (Å²) in [5, 5.41) is 21.4. The molecule has 1 fully saturated rings. The second-order valence-electron chi connectivity index (χ2n) is 4.74. The number of oxime groups is 1. The van der Waals surface area contributed by atoms with Crippen LogP contribution in [0.5, 0.6) is 0 Å². The molecule has 0 bridgehead atoms. The van der Waals surface area contributed by atoms with Crippen molar-refractivity contribution in [2.75, 3.05) is 18.1 Å². The van der Waals surface area contributed by atoms with Gasteiger partial charge in [0.05, 0.1) is 18.3 Å². The maximum atomic E-state index is 9.56. The molecule has 2 rings (SSSR count). The smallest absolute Gasteiger partial charge is 0.190 e. The highest BCUT2D eigenvalue weighted by atomic mass is 16.4. The van der Waals surface area contributed by atoms with Crippen molar-refractivity contribution in [2.45, 2.75) is 31.7 Å². The molecule has 6 heteroatoms. The lowest BCUT2D eigenvalue weighted by molar-refractivity contribution is 0.255. The topological polar surface area (TPSA) is 95.0 Å². The van der Waals surface area contributed by atoms with E-state index in [1.807, 2.05) is 12.1 Å². The summed E-state index contributed by atoms with van der Waals surface area (Å²) in [6, 6.07) is 3.79. The van der Waals surface area contributed by atoms with E-state index in [2.05, 4.69) is 15.0 Å². The largest absolute Gasteiger partial charge is 0.409 e. The summed E-state index contributed by atoms with van der Waals surface area (Å²) in [4.78, 5) is 6.30. The summed E-state index contributed by atoms with van der Waals surface area (Å²) < 4.78 is 0. The van der Waals surface area contributed by atoms with Crippen LogP contribution in [0.2, 0.25) is 0 Å². The number of pyridine rings is 1. The predicted molar refractivity (Wildman–Crippen MR) is 73.4 cm³/mol. The van der Waals surface area contributed by atoms with Gasteiger partial charge in [-0.1, -0.05) is 18.0 Å². The SMILES string of the molecule is N/C(=N/O)c1ncccc1N1CCCCCC1CO. The summed E-state index contributed by atoms with van der Waals surface area (Å²) in [5.41, 5.74) is 6.96. The predicted octanol–water partition coefficient (Wildman–Crippen LogP) is 0.917. The van der Waals surface area contributed by atoms with E-state index in [9.17, 15) is 5.11 Å². The Morgan fingerprint density at radius 2 is 2.32 bits per heavy atom. The summed E-state index contributed by atoms with van der Waals surface area (Å²) >= 11 is 0. The molecule has 1 aliphatic rings. The Balaban J connectivity index is 2.38. The van der Waals surface area contributed by atoms with Gasteiger partial charge in [-0.3, -0.25) is 4.98 Å². The minimum absolute atomic E-state index is 0.00321. The Morgan fingerprint density at radius 3 is 3.05 bits per heavy atom. The fourth-order valence-corrected chi connectivity index (χ4v) is 2.56. The Labute approximate surface area is 112 Å². The Morgan fingerprint density at radius 1 is 1.47 bits per heavy atom. The molecular weight excluding hydrogens is 244 g/mol. The molecular formula is C13H20N4O2. The van der Waals surface area contributed by atoms with E-state index in [1.54, 1.807) is 6.20 Å². The van der Waals surface area contributed by atoms with Gasteiger partial charge in [0, 0.05) is 12.7 Å². The van der Waals surface area contributed by atoms with Gasteiger partial charge in [-0.15, -0.1) is 0 Å². The molecule has 1 aromatic heterocycles. The van der Waals surface area contributed by atoms with Crippen molar-refractivity contribution >= 4 is 11.5 Å². The molecule has 0 aliphatic carbocycles. The molecule has 0 spiro atoms. The van der Waals surface area contributed by atoms with E-state index < -0.39 is 0 Å². The average molecular weight is 264 g/mol. The van der Waals surface area contributed by atoms with Crippen LogP contribution >= 0.6 is 0 Å². The van der Waals surface area contributed by atoms with Crippen LogP contribution in [-0.2, 0) is 0 Å². The van der Waals surface area contributed by atoms with Gasteiger partial charge in [0.15, 0.2) is 5.84 Å². The van der Waals surface area contributed by atoms with E-state index in [0.717, 1.165) is 37.9 Å². The van der Waals surface area contributed by atoms with Gasteiger partial charge in [0.25, 0.3) is 0 Å². The Bertz CT molecular complexity index is 450. The van der Waals surface area contributed by atoms with E-state index in [4.69, 9.17) is 10.9 Å². The van der Waals surface area contributed by atoms with Gasteiger partial charge in [-0.2, -0.15) is 0 Å². The first-order chi connectivity index (χ1) is 9.27. The third-order valence-corrected chi connectivity index (χ3v) is 3.53. The number of hydrogen-bond acceptors (Lipinski definition) is 5. The van der Waals surface area contributed by atoms with Crippen molar-refractivity contribution in [3.8, 4) is 0 Å². The molecule has 0 radical (unpaired) electrons. The first-order valence-electron chi connectivity index (χ1n) is 6.58. The van der Waals surface area contributed by atoms with Crippen molar-refractivity contribution in [3.05, 3.63) is 24.0 Å². The van der Waals surface area contributed by atoms with Crippen LogP contribution in [0.1, 0.15) is 31.4 Å². The highest BCUT2D eigenvalue weighted by Crippen LogP contribution is 2.26. The lowest BCUT2D eigenvalue weighted by atomic mass is 10.1. The van der Waals surface area contributed by atoms with Gasteiger partial charge in [0.1, 0.15) is 5.69 Å². The zero-order valence-corrected chi connectivity index (χ0v) is 10.9. The highest BCUT2D eigenvalue weighted by Gasteiger charge is 2.24.